The lowest BCUT2D eigenvalue weighted by molar-refractivity contribution is -0.120. The number of ether oxygens (including phenoxy) is 1. The van der Waals surface area contributed by atoms with Crippen molar-refractivity contribution in [1.82, 2.24) is 0 Å². The van der Waals surface area contributed by atoms with Gasteiger partial charge in [0.25, 0.3) is 0 Å². The van der Waals surface area contributed by atoms with E-state index in [-0.39, 0.29) is 30.3 Å². The van der Waals surface area contributed by atoms with Crippen LogP contribution in [-0.4, -0.2) is 12.5 Å². The van der Waals surface area contributed by atoms with Gasteiger partial charge in [-0.15, -0.1) is 12.4 Å². The Bertz CT molecular complexity index is 619. The smallest absolute Gasteiger partial charge is 0.229 e. The second-order valence-corrected chi connectivity index (χ2v) is 5.14. The summed E-state index contributed by atoms with van der Waals surface area (Å²) in [6.45, 7) is 4.29. The number of para-hydroxylation sites is 2. The number of carbonyl (C=O) groups is 1. The number of amides is 1. The Hall–Kier alpha value is -2.04. The minimum absolute atomic E-state index is 0. The van der Waals surface area contributed by atoms with Crippen molar-refractivity contribution in [1.29, 1.82) is 0 Å². The van der Waals surface area contributed by atoms with Gasteiger partial charge in [-0.05, 0) is 24.6 Å². The molecule has 0 heterocycles. The van der Waals surface area contributed by atoms with Gasteiger partial charge in [-0.3, -0.25) is 4.79 Å². The van der Waals surface area contributed by atoms with Gasteiger partial charge in [-0.1, -0.05) is 49.4 Å². The number of nitrogens with two attached hydrogens (primary N) is 1. The third-order valence-corrected chi connectivity index (χ3v) is 3.58. The summed E-state index contributed by atoms with van der Waals surface area (Å²) in [5.74, 6) is 0.194. The molecule has 4 nitrogen and oxygen atoms in total. The number of hydrogen-bond acceptors (Lipinski definition) is 3. The Labute approximate surface area is 143 Å². The van der Waals surface area contributed by atoms with Crippen LogP contribution in [0.3, 0.4) is 0 Å². The van der Waals surface area contributed by atoms with Gasteiger partial charge in [0.05, 0.1) is 18.2 Å². The molecule has 2 atom stereocenters. The first-order chi connectivity index (χ1) is 10.6. The summed E-state index contributed by atoms with van der Waals surface area (Å²) >= 11 is 0. The normalized spacial score (nSPS) is 12.7. The second kappa shape index (κ2) is 9.18. The van der Waals surface area contributed by atoms with Crippen molar-refractivity contribution in [3.63, 3.8) is 0 Å². The summed E-state index contributed by atoms with van der Waals surface area (Å²) in [4.78, 5) is 12.4. The standard InChI is InChI=1S/C18H22N2O2.ClH/c1-3-22-16-12-8-7-11-15(16)20-18(21)13(2)17(19)14-9-5-4-6-10-14;/h4-13,17H,3,19H2,1-2H3,(H,20,21);1H. The number of hydrogen-bond donors (Lipinski definition) is 2. The van der Waals surface area contributed by atoms with Crippen molar-refractivity contribution >= 4 is 24.0 Å². The van der Waals surface area contributed by atoms with Crippen LogP contribution in [0.15, 0.2) is 54.6 Å². The minimum Gasteiger partial charge on any atom is -0.492 e. The molecular formula is C18H23ClN2O2. The lowest BCUT2D eigenvalue weighted by Gasteiger charge is -2.20. The van der Waals surface area contributed by atoms with Gasteiger partial charge in [0, 0.05) is 6.04 Å². The predicted molar refractivity (Wildman–Crippen MR) is 96.0 cm³/mol. The highest BCUT2D eigenvalue weighted by Gasteiger charge is 2.22. The lowest BCUT2D eigenvalue weighted by atomic mass is 9.94. The quantitative estimate of drug-likeness (QED) is 0.845. The van der Waals surface area contributed by atoms with Crippen LogP contribution < -0.4 is 15.8 Å². The SMILES string of the molecule is CCOc1ccccc1NC(=O)C(C)C(N)c1ccccc1.Cl. The fourth-order valence-corrected chi connectivity index (χ4v) is 2.22. The topological polar surface area (TPSA) is 64.3 Å². The number of anilines is 1. The molecule has 0 aliphatic heterocycles. The Kier molecular flexibility index (Phi) is 7.59. The van der Waals surface area contributed by atoms with E-state index in [0.717, 1.165) is 5.56 Å². The molecule has 23 heavy (non-hydrogen) atoms. The molecule has 0 fully saturated rings. The largest absolute Gasteiger partial charge is 0.492 e. The maximum absolute atomic E-state index is 12.4. The van der Waals surface area contributed by atoms with E-state index >= 15 is 0 Å². The van der Waals surface area contributed by atoms with E-state index in [9.17, 15) is 4.79 Å². The average Bonchev–Trinajstić information content (AvgIpc) is 2.56. The molecule has 2 aromatic carbocycles. The summed E-state index contributed by atoms with van der Waals surface area (Å²) in [7, 11) is 0. The van der Waals surface area contributed by atoms with Crippen LogP contribution in [0.5, 0.6) is 5.75 Å². The van der Waals surface area contributed by atoms with Crippen molar-refractivity contribution in [2.75, 3.05) is 11.9 Å². The van der Waals surface area contributed by atoms with E-state index in [1.807, 2.05) is 68.4 Å². The van der Waals surface area contributed by atoms with Crippen LogP contribution in [0.4, 0.5) is 5.69 Å². The molecule has 3 N–H and O–H groups in total. The highest BCUT2D eigenvalue weighted by molar-refractivity contribution is 5.94. The molecule has 1 amide bonds. The Balaban J connectivity index is 0.00000264. The summed E-state index contributed by atoms with van der Waals surface area (Å²) in [6, 6.07) is 16.7. The molecule has 0 spiro atoms. The van der Waals surface area contributed by atoms with Gasteiger partial charge in [0.2, 0.25) is 5.91 Å². The molecule has 0 saturated heterocycles. The lowest BCUT2D eigenvalue weighted by Crippen LogP contribution is -2.30. The van der Waals surface area contributed by atoms with Gasteiger partial charge < -0.3 is 15.8 Å². The molecular weight excluding hydrogens is 312 g/mol. The van der Waals surface area contributed by atoms with Crippen LogP contribution >= 0.6 is 12.4 Å². The molecule has 124 valence electrons. The van der Waals surface area contributed by atoms with Gasteiger partial charge in [0.1, 0.15) is 5.75 Å². The van der Waals surface area contributed by atoms with Crippen LogP contribution in [0.25, 0.3) is 0 Å². The molecule has 0 bridgehead atoms. The monoisotopic (exact) mass is 334 g/mol. The molecule has 0 aliphatic carbocycles. The van der Waals surface area contributed by atoms with E-state index in [4.69, 9.17) is 10.5 Å². The number of carbonyl (C=O) groups excluding carboxylic acids is 1. The number of rotatable bonds is 6. The molecule has 5 heteroatoms. The number of benzene rings is 2. The number of halogens is 1. The van der Waals surface area contributed by atoms with Gasteiger partial charge >= 0.3 is 0 Å². The maximum atomic E-state index is 12.4. The van der Waals surface area contributed by atoms with Crippen molar-refractivity contribution in [2.45, 2.75) is 19.9 Å². The fourth-order valence-electron chi connectivity index (χ4n) is 2.22. The third-order valence-electron chi connectivity index (χ3n) is 3.58. The van der Waals surface area contributed by atoms with Gasteiger partial charge in [-0.25, -0.2) is 0 Å². The van der Waals surface area contributed by atoms with Crippen LogP contribution in [0.1, 0.15) is 25.5 Å². The highest BCUT2D eigenvalue weighted by atomic mass is 35.5. The zero-order valence-electron chi connectivity index (χ0n) is 13.4. The Morgan fingerprint density at radius 2 is 1.74 bits per heavy atom. The Morgan fingerprint density at radius 3 is 2.39 bits per heavy atom. The molecule has 0 aromatic heterocycles. The van der Waals surface area contributed by atoms with E-state index in [1.54, 1.807) is 0 Å². The molecule has 2 aromatic rings. The summed E-state index contributed by atoms with van der Waals surface area (Å²) in [6.07, 6.45) is 0. The van der Waals surface area contributed by atoms with Crippen molar-refractivity contribution in [3.8, 4) is 5.75 Å². The van der Waals surface area contributed by atoms with Crippen LogP contribution in [-0.2, 0) is 4.79 Å². The Morgan fingerprint density at radius 1 is 1.13 bits per heavy atom. The minimum atomic E-state index is -0.350. The first-order valence-corrected chi connectivity index (χ1v) is 7.46. The zero-order valence-corrected chi connectivity index (χ0v) is 14.2. The van der Waals surface area contributed by atoms with E-state index < -0.39 is 0 Å². The fraction of sp³-hybridized carbons (Fsp3) is 0.278. The van der Waals surface area contributed by atoms with Gasteiger partial charge in [0.15, 0.2) is 0 Å². The molecule has 2 unspecified atom stereocenters. The van der Waals surface area contributed by atoms with E-state index in [0.29, 0.717) is 18.0 Å². The van der Waals surface area contributed by atoms with Gasteiger partial charge in [-0.2, -0.15) is 0 Å². The molecule has 2 rings (SSSR count). The second-order valence-electron chi connectivity index (χ2n) is 5.14. The van der Waals surface area contributed by atoms with E-state index in [1.165, 1.54) is 0 Å². The zero-order chi connectivity index (χ0) is 15.9. The predicted octanol–water partition coefficient (Wildman–Crippen LogP) is 3.78. The maximum Gasteiger partial charge on any atom is 0.229 e. The summed E-state index contributed by atoms with van der Waals surface area (Å²) in [5.41, 5.74) is 7.81. The van der Waals surface area contributed by atoms with Crippen molar-refractivity contribution < 1.29 is 9.53 Å². The summed E-state index contributed by atoms with van der Waals surface area (Å²) < 4.78 is 5.52. The van der Waals surface area contributed by atoms with Crippen molar-refractivity contribution in [2.24, 2.45) is 11.7 Å². The third kappa shape index (κ3) is 4.98. The molecule has 0 saturated carbocycles. The van der Waals surface area contributed by atoms with Crippen LogP contribution in [0, 0.1) is 5.92 Å². The van der Waals surface area contributed by atoms with Crippen molar-refractivity contribution in [3.05, 3.63) is 60.2 Å². The van der Waals surface area contributed by atoms with E-state index in [2.05, 4.69) is 5.32 Å². The molecule has 0 aliphatic rings. The first kappa shape index (κ1) is 19.0. The average molecular weight is 335 g/mol. The summed E-state index contributed by atoms with van der Waals surface area (Å²) in [5, 5.41) is 2.90. The highest BCUT2D eigenvalue weighted by Crippen LogP contribution is 2.26. The molecule has 0 radical (unpaired) electrons. The number of nitrogens with one attached hydrogen (secondary N) is 1. The van der Waals surface area contributed by atoms with Crippen LogP contribution in [0.2, 0.25) is 0 Å². The first-order valence-electron chi connectivity index (χ1n) is 7.46.